The molecule has 0 aliphatic carbocycles. The first-order chi connectivity index (χ1) is 6.01. The summed E-state index contributed by atoms with van der Waals surface area (Å²) >= 11 is 0. The molecule has 0 spiro atoms. The third-order valence-corrected chi connectivity index (χ3v) is 2.19. The number of hydrogen-bond donors (Lipinski definition) is 3. The molecule has 13 heavy (non-hydrogen) atoms. The van der Waals surface area contributed by atoms with Gasteiger partial charge in [-0.2, -0.15) is 0 Å². The standard InChI is InChI=1S/C9H19NO3/c1-4-9(5-11,6-12)10-8(13)7(2)3/h7,11-12H,4-6H2,1-3H3,(H,10,13). The topological polar surface area (TPSA) is 69.6 Å². The molecule has 0 bridgehead atoms. The van der Waals surface area contributed by atoms with E-state index in [1.165, 1.54) is 0 Å². The summed E-state index contributed by atoms with van der Waals surface area (Å²) in [6.07, 6.45) is 0.512. The van der Waals surface area contributed by atoms with Crippen molar-refractivity contribution in [1.29, 1.82) is 0 Å². The molecule has 0 rings (SSSR count). The normalized spacial score (nSPS) is 11.8. The molecule has 0 saturated heterocycles. The number of carbonyl (C=O) groups is 1. The maximum absolute atomic E-state index is 11.3. The van der Waals surface area contributed by atoms with Crippen molar-refractivity contribution < 1.29 is 15.0 Å². The van der Waals surface area contributed by atoms with Crippen LogP contribution in [0.2, 0.25) is 0 Å². The zero-order valence-electron chi connectivity index (χ0n) is 8.50. The van der Waals surface area contributed by atoms with Gasteiger partial charge in [0.05, 0.1) is 18.8 Å². The quantitative estimate of drug-likeness (QED) is 0.565. The molecule has 4 heteroatoms. The highest BCUT2D eigenvalue weighted by atomic mass is 16.3. The van der Waals surface area contributed by atoms with Gasteiger partial charge in [0.2, 0.25) is 5.91 Å². The Morgan fingerprint density at radius 2 is 1.85 bits per heavy atom. The molecular weight excluding hydrogens is 170 g/mol. The molecule has 4 nitrogen and oxygen atoms in total. The van der Waals surface area contributed by atoms with Crippen LogP contribution in [-0.2, 0) is 4.79 Å². The summed E-state index contributed by atoms with van der Waals surface area (Å²) in [6, 6.07) is 0. The Kier molecular flexibility index (Phi) is 4.95. The predicted molar refractivity (Wildman–Crippen MR) is 50.2 cm³/mol. The SMILES string of the molecule is CCC(CO)(CO)NC(=O)C(C)C. The summed E-state index contributed by atoms with van der Waals surface area (Å²) in [7, 11) is 0. The third kappa shape index (κ3) is 3.32. The van der Waals surface area contributed by atoms with Crippen molar-refractivity contribution in [3.63, 3.8) is 0 Å². The van der Waals surface area contributed by atoms with Gasteiger partial charge in [-0.3, -0.25) is 4.79 Å². The first kappa shape index (κ1) is 12.4. The first-order valence-electron chi connectivity index (χ1n) is 4.55. The maximum atomic E-state index is 11.3. The van der Waals surface area contributed by atoms with Gasteiger partial charge in [0.25, 0.3) is 0 Å². The van der Waals surface area contributed by atoms with Gasteiger partial charge in [0.1, 0.15) is 0 Å². The number of carbonyl (C=O) groups excluding carboxylic acids is 1. The molecule has 0 unspecified atom stereocenters. The summed E-state index contributed by atoms with van der Waals surface area (Å²) in [5.74, 6) is -0.283. The molecule has 0 aromatic carbocycles. The molecular formula is C9H19NO3. The van der Waals surface area contributed by atoms with Gasteiger partial charge in [0.15, 0.2) is 0 Å². The van der Waals surface area contributed by atoms with Crippen molar-refractivity contribution in [3.8, 4) is 0 Å². The van der Waals surface area contributed by atoms with Gasteiger partial charge in [-0.15, -0.1) is 0 Å². The van der Waals surface area contributed by atoms with E-state index in [0.29, 0.717) is 6.42 Å². The van der Waals surface area contributed by atoms with Crippen LogP contribution in [0.25, 0.3) is 0 Å². The molecule has 0 fully saturated rings. The van der Waals surface area contributed by atoms with Crippen LogP contribution in [0.4, 0.5) is 0 Å². The molecule has 0 saturated carbocycles. The van der Waals surface area contributed by atoms with Crippen LogP contribution in [0.15, 0.2) is 0 Å². The van der Waals surface area contributed by atoms with E-state index in [1.807, 2.05) is 6.92 Å². The lowest BCUT2D eigenvalue weighted by molar-refractivity contribution is -0.127. The number of rotatable bonds is 5. The number of hydrogen-bond acceptors (Lipinski definition) is 3. The highest BCUT2D eigenvalue weighted by molar-refractivity contribution is 5.78. The van der Waals surface area contributed by atoms with Crippen molar-refractivity contribution in [2.24, 2.45) is 5.92 Å². The molecule has 1 amide bonds. The van der Waals surface area contributed by atoms with Gasteiger partial charge in [-0.1, -0.05) is 20.8 Å². The van der Waals surface area contributed by atoms with Crippen molar-refractivity contribution in [2.45, 2.75) is 32.7 Å². The van der Waals surface area contributed by atoms with Crippen LogP contribution in [0.3, 0.4) is 0 Å². The Labute approximate surface area is 79.0 Å². The number of aliphatic hydroxyl groups is 2. The van der Waals surface area contributed by atoms with Gasteiger partial charge >= 0.3 is 0 Å². The lowest BCUT2D eigenvalue weighted by Crippen LogP contribution is -2.54. The van der Waals surface area contributed by atoms with E-state index in [4.69, 9.17) is 10.2 Å². The van der Waals surface area contributed by atoms with Crippen LogP contribution in [0.1, 0.15) is 27.2 Å². The average molecular weight is 189 g/mol. The summed E-state index contributed by atoms with van der Waals surface area (Å²) in [5, 5.41) is 20.7. The predicted octanol–water partition coefficient (Wildman–Crippen LogP) is -0.108. The monoisotopic (exact) mass is 189 g/mol. The molecule has 0 radical (unpaired) electrons. The Hall–Kier alpha value is -0.610. The van der Waals surface area contributed by atoms with Crippen molar-refractivity contribution in [3.05, 3.63) is 0 Å². The van der Waals surface area contributed by atoms with Crippen LogP contribution in [0.5, 0.6) is 0 Å². The van der Waals surface area contributed by atoms with E-state index in [2.05, 4.69) is 5.32 Å². The maximum Gasteiger partial charge on any atom is 0.223 e. The fraction of sp³-hybridized carbons (Fsp3) is 0.889. The van der Waals surface area contributed by atoms with E-state index in [1.54, 1.807) is 13.8 Å². The minimum Gasteiger partial charge on any atom is -0.394 e. The molecule has 0 aromatic rings. The average Bonchev–Trinajstić information content (AvgIpc) is 2.14. The number of amides is 1. The third-order valence-electron chi connectivity index (χ3n) is 2.19. The van der Waals surface area contributed by atoms with Crippen molar-refractivity contribution >= 4 is 5.91 Å². The highest BCUT2D eigenvalue weighted by Crippen LogP contribution is 2.09. The second-order valence-corrected chi connectivity index (χ2v) is 3.59. The molecule has 3 N–H and O–H groups in total. The van der Waals surface area contributed by atoms with Crippen LogP contribution in [-0.4, -0.2) is 34.9 Å². The Bertz CT molecular complexity index is 156. The van der Waals surface area contributed by atoms with Crippen LogP contribution in [0, 0.1) is 5.92 Å². The summed E-state index contributed by atoms with van der Waals surface area (Å²) < 4.78 is 0. The molecule has 0 aliphatic heterocycles. The van der Waals surface area contributed by atoms with E-state index in [9.17, 15) is 4.79 Å². The van der Waals surface area contributed by atoms with Gasteiger partial charge in [0, 0.05) is 5.92 Å². The van der Waals surface area contributed by atoms with E-state index in [-0.39, 0.29) is 25.0 Å². The minimum atomic E-state index is -0.860. The fourth-order valence-electron chi connectivity index (χ4n) is 0.847. The van der Waals surface area contributed by atoms with Crippen molar-refractivity contribution in [2.75, 3.05) is 13.2 Å². The second-order valence-electron chi connectivity index (χ2n) is 3.59. The van der Waals surface area contributed by atoms with E-state index in [0.717, 1.165) is 0 Å². The zero-order chi connectivity index (χ0) is 10.5. The number of nitrogens with one attached hydrogen (secondary N) is 1. The Balaban J connectivity index is 4.33. The lowest BCUT2D eigenvalue weighted by atomic mass is 9.97. The fourth-order valence-corrected chi connectivity index (χ4v) is 0.847. The molecule has 78 valence electrons. The first-order valence-corrected chi connectivity index (χ1v) is 4.55. The Morgan fingerprint density at radius 3 is 2.08 bits per heavy atom. The lowest BCUT2D eigenvalue weighted by Gasteiger charge is -2.30. The molecule has 0 heterocycles. The van der Waals surface area contributed by atoms with Crippen LogP contribution >= 0.6 is 0 Å². The van der Waals surface area contributed by atoms with E-state index < -0.39 is 5.54 Å². The highest BCUT2D eigenvalue weighted by Gasteiger charge is 2.29. The van der Waals surface area contributed by atoms with Gasteiger partial charge in [-0.05, 0) is 6.42 Å². The smallest absolute Gasteiger partial charge is 0.223 e. The van der Waals surface area contributed by atoms with Crippen LogP contribution < -0.4 is 5.32 Å². The summed E-state index contributed by atoms with van der Waals surface area (Å²) in [6.45, 7) is 4.87. The van der Waals surface area contributed by atoms with Gasteiger partial charge < -0.3 is 15.5 Å². The molecule has 0 atom stereocenters. The summed E-state index contributed by atoms with van der Waals surface area (Å²) in [4.78, 5) is 11.3. The number of aliphatic hydroxyl groups excluding tert-OH is 2. The van der Waals surface area contributed by atoms with Crippen molar-refractivity contribution in [1.82, 2.24) is 5.32 Å². The second kappa shape index (κ2) is 5.19. The van der Waals surface area contributed by atoms with Gasteiger partial charge in [-0.25, -0.2) is 0 Å². The zero-order valence-corrected chi connectivity index (χ0v) is 8.50. The summed E-state index contributed by atoms with van der Waals surface area (Å²) in [5.41, 5.74) is -0.860. The van der Waals surface area contributed by atoms with E-state index >= 15 is 0 Å². The molecule has 0 aliphatic rings. The molecule has 0 aromatic heterocycles. The largest absolute Gasteiger partial charge is 0.394 e. The Morgan fingerprint density at radius 1 is 1.38 bits per heavy atom. The minimum absolute atomic E-state index is 0.135.